The summed E-state index contributed by atoms with van der Waals surface area (Å²) in [5.74, 6) is 1.39. The average Bonchev–Trinajstić information content (AvgIpc) is 2.70. The van der Waals surface area contributed by atoms with E-state index in [-0.39, 0.29) is 5.54 Å². The van der Waals surface area contributed by atoms with Gasteiger partial charge in [0.05, 0.1) is 5.54 Å². The van der Waals surface area contributed by atoms with Crippen LogP contribution in [0.1, 0.15) is 64.6 Å². The maximum absolute atomic E-state index is 6.48. The molecule has 1 aromatic heterocycles. The van der Waals surface area contributed by atoms with E-state index in [0.717, 1.165) is 32.1 Å². The van der Waals surface area contributed by atoms with Gasteiger partial charge in [0, 0.05) is 6.42 Å². The number of nitrogens with two attached hydrogens (primary N) is 1. The molecule has 0 aromatic carbocycles. The third-order valence-electron chi connectivity index (χ3n) is 3.94. The highest BCUT2D eigenvalue weighted by atomic mass is 16.5. The fourth-order valence-electron chi connectivity index (χ4n) is 2.52. The normalized spacial score (nSPS) is 28.9. The van der Waals surface area contributed by atoms with E-state index in [1.807, 2.05) is 6.92 Å². The number of aryl methyl sites for hydroxylation is 1. The molecule has 1 atom stereocenters. The topological polar surface area (TPSA) is 64.9 Å². The first-order valence-corrected chi connectivity index (χ1v) is 6.57. The third kappa shape index (κ3) is 2.68. The Bertz CT molecular complexity index is 386. The Balaban J connectivity index is 2.18. The Kier molecular flexibility index (Phi) is 3.25. The van der Waals surface area contributed by atoms with Gasteiger partial charge in [0.15, 0.2) is 5.82 Å². The zero-order chi connectivity index (χ0) is 12.5. The van der Waals surface area contributed by atoms with E-state index < -0.39 is 0 Å². The summed E-state index contributed by atoms with van der Waals surface area (Å²) in [6, 6.07) is 0. The summed E-state index contributed by atoms with van der Waals surface area (Å²) in [4.78, 5) is 4.41. The molecule has 4 nitrogen and oxygen atoms in total. The van der Waals surface area contributed by atoms with Crippen molar-refractivity contribution >= 4 is 0 Å². The van der Waals surface area contributed by atoms with Gasteiger partial charge in [0.1, 0.15) is 0 Å². The quantitative estimate of drug-likeness (QED) is 0.803. The summed E-state index contributed by atoms with van der Waals surface area (Å²) < 4.78 is 5.18. The lowest BCUT2D eigenvalue weighted by atomic mass is 9.83. The first-order chi connectivity index (χ1) is 7.95. The van der Waals surface area contributed by atoms with Crippen LogP contribution >= 0.6 is 0 Å². The lowest BCUT2D eigenvalue weighted by molar-refractivity contribution is 0.288. The second-order valence-electron chi connectivity index (χ2n) is 6.04. The lowest BCUT2D eigenvalue weighted by Gasteiger charge is -2.25. The molecule has 1 heterocycles. The van der Waals surface area contributed by atoms with Crippen LogP contribution in [-0.2, 0) is 12.0 Å². The standard InChI is InChI=1S/C13H23N3O/c1-4-10-15-11(16-17-10)13(14)7-5-6-12(2,3)8-9-13/h4-9,14H2,1-3H3. The Morgan fingerprint density at radius 2 is 2.00 bits per heavy atom. The third-order valence-corrected chi connectivity index (χ3v) is 3.94. The van der Waals surface area contributed by atoms with E-state index >= 15 is 0 Å². The van der Waals surface area contributed by atoms with Gasteiger partial charge in [0.25, 0.3) is 0 Å². The van der Waals surface area contributed by atoms with Crippen LogP contribution < -0.4 is 5.73 Å². The van der Waals surface area contributed by atoms with Crippen molar-refractivity contribution in [1.29, 1.82) is 0 Å². The van der Waals surface area contributed by atoms with Crippen molar-refractivity contribution in [3.8, 4) is 0 Å². The Morgan fingerprint density at radius 3 is 2.65 bits per heavy atom. The summed E-state index contributed by atoms with van der Waals surface area (Å²) >= 11 is 0. The first kappa shape index (κ1) is 12.6. The van der Waals surface area contributed by atoms with Crippen LogP contribution in [0.15, 0.2) is 4.52 Å². The summed E-state index contributed by atoms with van der Waals surface area (Å²) in [6.45, 7) is 6.63. The minimum Gasteiger partial charge on any atom is -0.339 e. The Morgan fingerprint density at radius 1 is 1.24 bits per heavy atom. The van der Waals surface area contributed by atoms with Crippen LogP contribution in [0.5, 0.6) is 0 Å². The van der Waals surface area contributed by atoms with Crippen molar-refractivity contribution in [1.82, 2.24) is 10.1 Å². The molecule has 2 N–H and O–H groups in total. The monoisotopic (exact) mass is 237 g/mol. The van der Waals surface area contributed by atoms with E-state index in [9.17, 15) is 0 Å². The molecule has 17 heavy (non-hydrogen) atoms. The Labute approximate surface area is 103 Å². The van der Waals surface area contributed by atoms with Crippen LogP contribution in [0.25, 0.3) is 0 Å². The largest absolute Gasteiger partial charge is 0.339 e. The van der Waals surface area contributed by atoms with Crippen LogP contribution in [0, 0.1) is 5.41 Å². The number of aromatic nitrogens is 2. The fraction of sp³-hybridized carbons (Fsp3) is 0.846. The zero-order valence-electron chi connectivity index (χ0n) is 11.1. The van der Waals surface area contributed by atoms with E-state index in [1.165, 1.54) is 6.42 Å². The first-order valence-electron chi connectivity index (χ1n) is 6.57. The van der Waals surface area contributed by atoms with Gasteiger partial charge in [-0.2, -0.15) is 4.98 Å². The van der Waals surface area contributed by atoms with Crippen LogP contribution in [0.2, 0.25) is 0 Å². The minimum absolute atomic E-state index is 0.384. The smallest absolute Gasteiger partial charge is 0.226 e. The van der Waals surface area contributed by atoms with E-state index in [2.05, 4.69) is 24.0 Å². The highest BCUT2D eigenvalue weighted by Gasteiger charge is 2.37. The highest BCUT2D eigenvalue weighted by Crippen LogP contribution is 2.40. The van der Waals surface area contributed by atoms with Gasteiger partial charge in [-0.25, -0.2) is 0 Å². The lowest BCUT2D eigenvalue weighted by Crippen LogP contribution is -2.37. The summed E-state index contributed by atoms with van der Waals surface area (Å²) in [7, 11) is 0. The fourth-order valence-corrected chi connectivity index (χ4v) is 2.52. The van der Waals surface area contributed by atoms with Crippen LogP contribution in [0.4, 0.5) is 0 Å². The van der Waals surface area contributed by atoms with Crippen molar-refractivity contribution in [3.05, 3.63) is 11.7 Å². The molecule has 2 rings (SSSR count). The molecule has 0 radical (unpaired) electrons. The molecular formula is C13H23N3O. The molecule has 0 amide bonds. The number of hydrogen-bond donors (Lipinski definition) is 1. The van der Waals surface area contributed by atoms with Gasteiger partial charge < -0.3 is 10.3 Å². The van der Waals surface area contributed by atoms with E-state index in [4.69, 9.17) is 10.3 Å². The molecule has 1 unspecified atom stereocenters. The summed E-state index contributed by atoms with van der Waals surface area (Å²) in [6.07, 6.45) is 6.17. The second kappa shape index (κ2) is 4.41. The SMILES string of the molecule is CCc1nc(C2(N)CCCC(C)(C)CC2)no1. The second-order valence-corrected chi connectivity index (χ2v) is 6.04. The van der Waals surface area contributed by atoms with Crippen LogP contribution in [-0.4, -0.2) is 10.1 Å². The number of rotatable bonds is 2. The summed E-state index contributed by atoms with van der Waals surface area (Å²) in [5, 5.41) is 4.06. The maximum atomic E-state index is 6.48. The van der Waals surface area contributed by atoms with Crippen molar-refractivity contribution in [2.24, 2.45) is 11.1 Å². The molecule has 0 aliphatic heterocycles. The van der Waals surface area contributed by atoms with Crippen molar-refractivity contribution in [2.45, 2.75) is 64.8 Å². The van der Waals surface area contributed by atoms with Gasteiger partial charge in [0.2, 0.25) is 5.89 Å². The molecule has 0 spiro atoms. The van der Waals surface area contributed by atoms with Crippen molar-refractivity contribution < 1.29 is 4.52 Å². The van der Waals surface area contributed by atoms with Gasteiger partial charge in [-0.1, -0.05) is 32.3 Å². The summed E-state index contributed by atoms with van der Waals surface area (Å²) in [5.41, 5.74) is 6.49. The van der Waals surface area contributed by atoms with E-state index in [0.29, 0.717) is 17.1 Å². The molecule has 96 valence electrons. The molecule has 1 fully saturated rings. The van der Waals surface area contributed by atoms with Gasteiger partial charge in [-0.05, 0) is 31.1 Å². The van der Waals surface area contributed by atoms with E-state index in [1.54, 1.807) is 0 Å². The Hall–Kier alpha value is -0.900. The predicted molar refractivity (Wildman–Crippen MR) is 66.4 cm³/mol. The van der Waals surface area contributed by atoms with Gasteiger partial charge in [-0.15, -0.1) is 0 Å². The number of hydrogen-bond acceptors (Lipinski definition) is 4. The average molecular weight is 237 g/mol. The zero-order valence-corrected chi connectivity index (χ0v) is 11.1. The molecular weight excluding hydrogens is 214 g/mol. The number of nitrogens with zero attached hydrogens (tertiary/aromatic N) is 2. The molecule has 0 saturated heterocycles. The highest BCUT2D eigenvalue weighted by molar-refractivity contribution is 5.05. The maximum Gasteiger partial charge on any atom is 0.226 e. The molecule has 1 aliphatic rings. The van der Waals surface area contributed by atoms with Crippen LogP contribution in [0.3, 0.4) is 0 Å². The molecule has 1 aliphatic carbocycles. The predicted octanol–water partition coefficient (Wildman–Crippen LogP) is 2.78. The molecule has 1 saturated carbocycles. The molecule has 0 bridgehead atoms. The van der Waals surface area contributed by atoms with Crippen molar-refractivity contribution in [2.75, 3.05) is 0 Å². The molecule has 4 heteroatoms. The van der Waals surface area contributed by atoms with Gasteiger partial charge >= 0.3 is 0 Å². The minimum atomic E-state index is -0.384. The van der Waals surface area contributed by atoms with Gasteiger partial charge in [-0.3, -0.25) is 0 Å². The molecule has 1 aromatic rings. The van der Waals surface area contributed by atoms with Crippen molar-refractivity contribution in [3.63, 3.8) is 0 Å².